The van der Waals surface area contributed by atoms with Gasteiger partial charge in [0.15, 0.2) is 5.17 Å². The number of alkyl halides is 1. The standard InChI is InChI=1S/C5H9BrN2S/c6-1-2-7-5-8-3-4-9-5/h1-4H2,(H,7,8). The number of amidine groups is 1. The van der Waals surface area contributed by atoms with E-state index in [2.05, 4.69) is 26.2 Å². The van der Waals surface area contributed by atoms with Crippen LogP contribution in [0.15, 0.2) is 4.99 Å². The second kappa shape index (κ2) is 4.17. The van der Waals surface area contributed by atoms with E-state index in [1.54, 1.807) is 11.8 Å². The molecule has 0 amide bonds. The monoisotopic (exact) mass is 208 g/mol. The van der Waals surface area contributed by atoms with Crippen molar-refractivity contribution >= 4 is 32.9 Å². The van der Waals surface area contributed by atoms with E-state index in [9.17, 15) is 0 Å². The van der Waals surface area contributed by atoms with Gasteiger partial charge in [-0.05, 0) is 0 Å². The van der Waals surface area contributed by atoms with E-state index >= 15 is 0 Å². The van der Waals surface area contributed by atoms with E-state index in [-0.39, 0.29) is 0 Å². The molecule has 4 heteroatoms. The topological polar surface area (TPSA) is 24.4 Å². The molecule has 0 atom stereocenters. The number of aliphatic imine (C=N–C) groups is 1. The molecule has 0 aromatic carbocycles. The van der Waals surface area contributed by atoms with Crippen molar-refractivity contribution in [1.82, 2.24) is 5.32 Å². The van der Waals surface area contributed by atoms with Crippen LogP contribution in [0.1, 0.15) is 0 Å². The minimum atomic E-state index is 0.978. The number of thioether (sulfide) groups is 1. The second-order valence-corrected chi connectivity index (χ2v) is 3.53. The summed E-state index contributed by atoms with van der Waals surface area (Å²) in [6, 6.07) is 0. The fourth-order valence-electron chi connectivity index (χ4n) is 0.596. The van der Waals surface area contributed by atoms with Crippen molar-refractivity contribution in [3.05, 3.63) is 0 Å². The first kappa shape index (κ1) is 7.41. The van der Waals surface area contributed by atoms with Crippen LogP contribution in [-0.2, 0) is 0 Å². The molecule has 52 valence electrons. The van der Waals surface area contributed by atoms with Crippen LogP contribution < -0.4 is 5.32 Å². The lowest BCUT2D eigenvalue weighted by atomic mass is 10.7. The number of rotatable bonds is 2. The minimum Gasteiger partial charge on any atom is -0.364 e. The van der Waals surface area contributed by atoms with Crippen molar-refractivity contribution in [3.8, 4) is 0 Å². The SMILES string of the molecule is BrCCNC1=NCCS1. The zero-order valence-corrected chi connectivity index (χ0v) is 7.46. The summed E-state index contributed by atoms with van der Waals surface area (Å²) in [5, 5.41) is 5.30. The average Bonchev–Trinajstić information content (AvgIpc) is 2.34. The number of halogens is 1. The molecule has 0 aromatic heterocycles. The molecule has 1 N–H and O–H groups in total. The van der Waals surface area contributed by atoms with Crippen LogP contribution >= 0.6 is 27.7 Å². The van der Waals surface area contributed by atoms with E-state index in [1.165, 1.54) is 0 Å². The van der Waals surface area contributed by atoms with Crippen LogP contribution in [0.4, 0.5) is 0 Å². The van der Waals surface area contributed by atoms with Gasteiger partial charge in [0, 0.05) is 17.6 Å². The quantitative estimate of drug-likeness (QED) is 0.688. The maximum Gasteiger partial charge on any atom is 0.156 e. The molecule has 0 aliphatic carbocycles. The summed E-state index contributed by atoms with van der Waals surface area (Å²) in [6.07, 6.45) is 0. The third-order valence-corrected chi connectivity index (χ3v) is 2.29. The fourth-order valence-corrected chi connectivity index (χ4v) is 1.56. The normalized spacial score (nSPS) is 17.7. The molecule has 0 fully saturated rings. The van der Waals surface area contributed by atoms with Crippen LogP contribution in [0.3, 0.4) is 0 Å². The van der Waals surface area contributed by atoms with Gasteiger partial charge in [0.2, 0.25) is 0 Å². The Morgan fingerprint density at radius 2 is 2.67 bits per heavy atom. The molecule has 0 unspecified atom stereocenters. The van der Waals surface area contributed by atoms with Crippen LogP contribution in [0.25, 0.3) is 0 Å². The van der Waals surface area contributed by atoms with Gasteiger partial charge in [-0.1, -0.05) is 27.7 Å². The Kier molecular flexibility index (Phi) is 3.43. The molecule has 9 heavy (non-hydrogen) atoms. The third-order valence-electron chi connectivity index (χ3n) is 0.956. The van der Waals surface area contributed by atoms with Gasteiger partial charge < -0.3 is 5.32 Å². The molecule has 1 rings (SSSR count). The predicted octanol–water partition coefficient (Wildman–Crippen LogP) is 1.07. The Morgan fingerprint density at radius 1 is 1.78 bits per heavy atom. The number of nitrogens with one attached hydrogen (secondary N) is 1. The summed E-state index contributed by atoms with van der Waals surface area (Å²) in [5.41, 5.74) is 0. The second-order valence-electron chi connectivity index (χ2n) is 1.65. The molecule has 0 aromatic rings. The van der Waals surface area contributed by atoms with E-state index < -0.39 is 0 Å². The van der Waals surface area contributed by atoms with Gasteiger partial charge in [0.05, 0.1) is 6.54 Å². The number of hydrogen-bond donors (Lipinski definition) is 1. The average molecular weight is 209 g/mol. The lowest BCUT2D eigenvalue weighted by Gasteiger charge is -1.99. The van der Waals surface area contributed by atoms with E-state index in [4.69, 9.17) is 0 Å². The third kappa shape index (κ3) is 2.58. The number of hydrogen-bond acceptors (Lipinski definition) is 3. The first-order chi connectivity index (χ1) is 4.43. The van der Waals surface area contributed by atoms with Gasteiger partial charge in [-0.3, -0.25) is 4.99 Å². The molecule has 1 aliphatic rings. The fraction of sp³-hybridized carbons (Fsp3) is 0.800. The van der Waals surface area contributed by atoms with Crippen LogP contribution in [-0.4, -0.2) is 29.3 Å². The van der Waals surface area contributed by atoms with Gasteiger partial charge >= 0.3 is 0 Å². The van der Waals surface area contributed by atoms with E-state index in [0.717, 1.165) is 29.3 Å². The van der Waals surface area contributed by atoms with Gasteiger partial charge in [0.1, 0.15) is 0 Å². The van der Waals surface area contributed by atoms with Gasteiger partial charge in [-0.15, -0.1) is 0 Å². The molecule has 0 spiro atoms. The summed E-state index contributed by atoms with van der Waals surface area (Å²) in [7, 11) is 0. The van der Waals surface area contributed by atoms with Crippen molar-refractivity contribution in [3.63, 3.8) is 0 Å². The summed E-state index contributed by atoms with van der Waals surface area (Å²) < 4.78 is 0. The highest BCUT2D eigenvalue weighted by Crippen LogP contribution is 2.08. The zero-order valence-electron chi connectivity index (χ0n) is 5.06. The van der Waals surface area contributed by atoms with Crippen molar-refractivity contribution in [1.29, 1.82) is 0 Å². The highest BCUT2D eigenvalue weighted by atomic mass is 79.9. The summed E-state index contributed by atoms with van der Waals surface area (Å²) in [5.74, 6) is 1.14. The van der Waals surface area contributed by atoms with Crippen LogP contribution in [0, 0.1) is 0 Å². The zero-order chi connectivity index (χ0) is 6.53. The first-order valence-electron chi connectivity index (χ1n) is 2.90. The molecular weight excluding hydrogens is 200 g/mol. The summed E-state index contributed by atoms with van der Waals surface area (Å²) >= 11 is 5.13. The Bertz CT molecular complexity index is 116. The highest BCUT2D eigenvalue weighted by Gasteiger charge is 2.03. The molecule has 0 saturated heterocycles. The van der Waals surface area contributed by atoms with Gasteiger partial charge in [-0.25, -0.2) is 0 Å². The largest absolute Gasteiger partial charge is 0.364 e. The van der Waals surface area contributed by atoms with E-state index in [1.807, 2.05) is 0 Å². The lowest BCUT2D eigenvalue weighted by molar-refractivity contribution is 0.990. The van der Waals surface area contributed by atoms with Crippen LogP contribution in [0.5, 0.6) is 0 Å². The van der Waals surface area contributed by atoms with Crippen LogP contribution in [0.2, 0.25) is 0 Å². The first-order valence-corrected chi connectivity index (χ1v) is 5.01. The number of nitrogens with zero attached hydrogens (tertiary/aromatic N) is 1. The molecule has 2 nitrogen and oxygen atoms in total. The smallest absolute Gasteiger partial charge is 0.156 e. The van der Waals surface area contributed by atoms with Gasteiger partial charge in [-0.2, -0.15) is 0 Å². The maximum absolute atomic E-state index is 4.22. The molecular formula is C5H9BrN2S. The van der Waals surface area contributed by atoms with Crippen molar-refractivity contribution < 1.29 is 0 Å². The predicted molar refractivity (Wildman–Crippen MR) is 46.6 cm³/mol. The highest BCUT2D eigenvalue weighted by molar-refractivity contribution is 9.09. The van der Waals surface area contributed by atoms with Crippen molar-refractivity contribution in [2.24, 2.45) is 4.99 Å². The van der Waals surface area contributed by atoms with Crippen molar-refractivity contribution in [2.45, 2.75) is 0 Å². The van der Waals surface area contributed by atoms with E-state index in [0.29, 0.717) is 0 Å². The minimum absolute atomic E-state index is 0.978. The Morgan fingerprint density at radius 3 is 3.22 bits per heavy atom. The molecule has 1 aliphatic heterocycles. The lowest BCUT2D eigenvalue weighted by Crippen LogP contribution is -2.20. The summed E-state index contributed by atoms with van der Waals surface area (Å²) in [6.45, 7) is 1.96. The maximum atomic E-state index is 4.22. The van der Waals surface area contributed by atoms with Gasteiger partial charge in [0.25, 0.3) is 0 Å². The van der Waals surface area contributed by atoms with Crippen molar-refractivity contribution in [2.75, 3.05) is 24.2 Å². The summed E-state index contributed by atoms with van der Waals surface area (Å²) in [4.78, 5) is 4.22. The Balaban J connectivity index is 2.11. The molecule has 0 saturated carbocycles. The Labute approximate surface area is 67.6 Å². The molecule has 1 heterocycles. The molecule has 0 bridgehead atoms. The Hall–Kier alpha value is 0.300. The molecule has 0 radical (unpaired) electrons.